The van der Waals surface area contributed by atoms with E-state index in [-0.39, 0.29) is 46.8 Å². The van der Waals surface area contributed by atoms with Gasteiger partial charge in [0, 0.05) is 42.9 Å². The Balaban J connectivity index is 1.52. The van der Waals surface area contributed by atoms with Gasteiger partial charge in [-0.1, -0.05) is 16.8 Å². The second kappa shape index (κ2) is 9.61. The first kappa shape index (κ1) is 22.3. The molecule has 0 fully saturated rings. The summed E-state index contributed by atoms with van der Waals surface area (Å²) in [6, 6.07) is 8.83. The molecule has 0 aliphatic carbocycles. The van der Waals surface area contributed by atoms with E-state index in [1.54, 1.807) is 0 Å². The lowest BCUT2D eigenvalue weighted by Gasteiger charge is -2.07. The van der Waals surface area contributed by atoms with Crippen molar-refractivity contribution in [3.63, 3.8) is 0 Å². The maximum absolute atomic E-state index is 12.2. The summed E-state index contributed by atoms with van der Waals surface area (Å²) < 4.78 is 4.88. The molecule has 2 N–H and O–H groups in total. The highest BCUT2D eigenvalue weighted by Gasteiger charge is 2.18. The molecule has 0 saturated carbocycles. The summed E-state index contributed by atoms with van der Waals surface area (Å²) in [7, 11) is 0. The second-order valence-electron chi connectivity index (χ2n) is 6.16. The number of nitro benzene ring substituents is 2. The smallest absolute Gasteiger partial charge is 0.316 e. The van der Waals surface area contributed by atoms with Crippen molar-refractivity contribution in [3.05, 3.63) is 79.2 Å². The molecule has 0 aliphatic rings. The maximum Gasteiger partial charge on any atom is 0.316 e. The van der Waals surface area contributed by atoms with Crippen LogP contribution in [0.15, 0.2) is 47.0 Å². The van der Waals surface area contributed by atoms with Gasteiger partial charge in [-0.3, -0.25) is 29.8 Å². The molecule has 0 unspecified atom stereocenters. The number of rotatable bonds is 8. The Labute approximate surface area is 183 Å². The topological polar surface area (TPSA) is 183 Å². The average Bonchev–Trinajstić information content (AvgIpc) is 3.27. The average molecular weight is 461 g/mol. The van der Waals surface area contributed by atoms with E-state index in [9.17, 15) is 29.8 Å². The highest BCUT2D eigenvalue weighted by molar-refractivity contribution is 6.33. The molecule has 1 heterocycles. The monoisotopic (exact) mass is 460 g/mol. The van der Waals surface area contributed by atoms with E-state index in [1.807, 2.05) is 0 Å². The first-order chi connectivity index (χ1) is 15.3. The Morgan fingerprint density at radius 3 is 2.16 bits per heavy atom. The Bertz CT molecular complexity index is 1190. The SMILES string of the molecule is O=C(NCCNC(=O)c1cc([N+](=O)[O-])ccc1Cl)c1nc(-c2ccc([N+](=O)[O-])cc2)no1. The summed E-state index contributed by atoms with van der Waals surface area (Å²) >= 11 is 5.90. The van der Waals surface area contributed by atoms with Gasteiger partial charge in [0.25, 0.3) is 17.3 Å². The Hall–Kier alpha value is -4.39. The van der Waals surface area contributed by atoms with Gasteiger partial charge in [-0.25, -0.2) is 0 Å². The number of nitrogens with zero attached hydrogens (tertiary/aromatic N) is 4. The molecule has 32 heavy (non-hydrogen) atoms. The van der Waals surface area contributed by atoms with Crippen LogP contribution in [0.2, 0.25) is 5.02 Å². The van der Waals surface area contributed by atoms with Crippen LogP contribution in [0.3, 0.4) is 0 Å². The largest absolute Gasteiger partial charge is 0.350 e. The number of non-ortho nitro benzene ring substituents is 2. The molecule has 13 nitrogen and oxygen atoms in total. The minimum atomic E-state index is -0.701. The van der Waals surface area contributed by atoms with Gasteiger partial charge in [0.05, 0.1) is 20.4 Å². The van der Waals surface area contributed by atoms with Gasteiger partial charge >= 0.3 is 11.8 Å². The lowest BCUT2D eigenvalue weighted by Crippen LogP contribution is -2.35. The Morgan fingerprint density at radius 2 is 1.53 bits per heavy atom. The summed E-state index contributed by atoms with van der Waals surface area (Å²) in [5, 5.41) is 30.2. The fraction of sp³-hybridized carbons (Fsp3) is 0.111. The molecule has 14 heteroatoms. The van der Waals surface area contributed by atoms with E-state index < -0.39 is 21.7 Å². The molecule has 0 bridgehead atoms. The third-order valence-corrected chi connectivity index (χ3v) is 4.39. The van der Waals surface area contributed by atoms with E-state index in [0.29, 0.717) is 5.56 Å². The summed E-state index contributed by atoms with van der Waals surface area (Å²) in [5.41, 5.74) is -0.0481. The van der Waals surface area contributed by atoms with Gasteiger partial charge in [0.1, 0.15) is 0 Å². The molecular weight excluding hydrogens is 448 g/mol. The molecule has 0 aliphatic heterocycles. The van der Waals surface area contributed by atoms with Gasteiger partial charge < -0.3 is 15.2 Å². The molecule has 164 valence electrons. The third kappa shape index (κ3) is 5.20. The van der Waals surface area contributed by atoms with Crippen molar-refractivity contribution < 1.29 is 24.0 Å². The third-order valence-electron chi connectivity index (χ3n) is 4.06. The number of nitrogens with one attached hydrogen (secondary N) is 2. The van der Waals surface area contributed by atoms with Crippen molar-refractivity contribution in [1.29, 1.82) is 0 Å². The normalized spacial score (nSPS) is 10.4. The van der Waals surface area contributed by atoms with E-state index in [4.69, 9.17) is 16.1 Å². The van der Waals surface area contributed by atoms with E-state index in [0.717, 1.165) is 6.07 Å². The molecule has 2 amide bonds. The highest BCUT2D eigenvalue weighted by Crippen LogP contribution is 2.22. The van der Waals surface area contributed by atoms with Crippen LogP contribution in [0.4, 0.5) is 11.4 Å². The zero-order valence-electron chi connectivity index (χ0n) is 16.0. The van der Waals surface area contributed by atoms with Crippen LogP contribution >= 0.6 is 11.6 Å². The maximum atomic E-state index is 12.2. The fourth-order valence-corrected chi connectivity index (χ4v) is 2.69. The van der Waals surface area contributed by atoms with Crippen LogP contribution in [0.1, 0.15) is 21.0 Å². The Morgan fingerprint density at radius 1 is 0.938 bits per heavy atom. The number of halogens is 1. The van der Waals surface area contributed by atoms with Crippen molar-refractivity contribution in [2.45, 2.75) is 0 Å². The van der Waals surface area contributed by atoms with Crippen molar-refractivity contribution in [3.8, 4) is 11.4 Å². The molecule has 3 rings (SSSR count). The van der Waals surface area contributed by atoms with Crippen molar-refractivity contribution in [2.75, 3.05) is 13.1 Å². The summed E-state index contributed by atoms with van der Waals surface area (Å²) in [6.45, 7) is -0.0146. The van der Waals surface area contributed by atoms with Gasteiger partial charge in [-0.05, 0) is 18.2 Å². The summed E-state index contributed by atoms with van der Waals surface area (Å²) in [6.07, 6.45) is 0. The predicted octanol–water partition coefficient (Wildman–Crippen LogP) is 2.37. The lowest BCUT2D eigenvalue weighted by molar-refractivity contribution is -0.385. The summed E-state index contributed by atoms with van der Waals surface area (Å²) in [4.78, 5) is 48.5. The van der Waals surface area contributed by atoms with E-state index >= 15 is 0 Å². The van der Waals surface area contributed by atoms with Gasteiger partial charge in [0.15, 0.2) is 0 Å². The molecular formula is C18H13ClN6O7. The lowest BCUT2D eigenvalue weighted by atomic mass is 10.2. The molecule has 0 radical (unpaired) electrons. The molecule has 3 aromatic rings. The van der Waals surface area contributed by atoms with Crippen molar-refractivity contribution in [2.24, 2.45) is 0 Å². The minimum Gasteiger partial charge on any atom is -0.350 e. The summed E-state index contributed by atoms with van der Waals surface area (Å²) in [5.74, 6) is -1.62. The highest BCUT2D eigenvalue weighted by atomic mass is 35.5. The first-order valence-electron chi connectivity index (χ1n) is 8.85. The molecule has 2 aromatic carbocycles. The zero-order chi connectivity index (χ0) is 23.3. The number of carbonyl (C=O) groups is 2. The van der Waals surface area contributed by atoms with E-state index in [2.05, 4.69) is 20.8 Å². The van der Waals surface area contributed by atoms with Crippen LogP contribution in [-0.2, 0) is 0 Å². The molecule has 1 aromatic heterocycles. The van der Waals surface area contributed by atoms with Crippen LogP contribution in [0.25, 0.3) is 11.4 Å². The van der Waals surface area contributed by atoms with Crippen molar-refractivity contribution >= 4 is 34.8 Å². The van der Waals surface area contributed by atoms with Gasteiger partial charge in [-0.15, -0.1) is 0 Å². The molecule has 0 spiro atoms. The van der Waals surface area contributed by atoms with Crippen molar-refractivity contribution in [1.82, 2.24) is 20.8 Å². The fourth-order valence-electron chi connectivity index (χ4n) is 2.49. The second-order valence-corrected chi connectivity index (χ2v) is 6.57. The number of benzene rings is 2. The van der Waals surface area contributed by atoms with Crippen LogP contribution in [0.5, 0.6) is 0 Å². The van der Waals surface area contributed by atoms with Crippen LogP contribution < -0.4 is 10.6 Å². The Kier molecular flexibility index (Phi) is 6.70. The van der Waals surface area contributed by atoms with Gasteiger partial charge in [0.2, 0.25) is 5.82 Å². The first-order valence-corrected chi connectivity index (χ1v) is 9.23. The number of aromatic nitrogens is 2. The number of nitro groups is 2. The quantitative estimate of drug-likeness (QED) is 0.289. The van der Waals surface area contributed by atoms with E-state index in [1.165, 1.54) is 36.4 Å². The zero-order valence-corrected chi connectivity index (χ0v) is 16.7. The standard InChI is InChI=1S/C18H13ClN6O7/c19-14-6-5-12(25(30)31)9-13(14)16(26)20-7-8-21-17(27)18-22-15(23-32-18)10-1-3-11(4-2-10)24(28)29/h1-6,9H,7-8H2,(H,20,26)(H,21,27). The minimum absolute atomic E-state index is 0.00700. The number of hydrogen-bond donors (Lipinski definition) is 2. The van der Waals surface area contributed by atoms with Crippen LogP contribution in [-0.4, -0.2) is 44.9 Å². The van der Waals surface area contributed by atoms with Gasteiger partial charge in [-0.2, -0.15) is 4.98 Å². The van der Waals surface area contributed by atoms with Crippen LogP contribution in [0, 0.1) is 20.2 Å². The number of hydrogen-bond acceptors (Lipinski definition) is 9. The molecule has 0 atom stereocenters. The molecule has 0 saturated heterocycles. The number of carbonyl (C=O) groups excluding carboxylic acids is 2. The number of amides is 2. The predicted molar refractivity (Wildman–Crippen MR) is 109 cm³/mol.